The molecule has 7 atom stereocenters. The van der Waals surface area contributed by atoms with Crippen molar-refractivity contribution in [1.29, 1.82) is 0 Å². The van der Waals surface area contributed by atoms with Gasteiger partial charge in [-0.1, -0.05) is 37.3 Å². The van der Waals surface area contributed by atoms with Gasteiger partial charge < -0.3 is 10.5 Å². The summed E-state index contributed by atoms with van der Waals surface area (Å²) in [5.41, 5.74) is 6.27. The molecule has 1 aliphatic carbocycles. The molecule has 148 valence electrons. The molecule has 7 unspecified atom stereocenters. The summed E-state index contributed by atoms with van der Waals surface area (Å²) in [5, 5.41) is 21.1. The number of nitrogens with two attached hydrogens (primary N) is 1. The molecule has 0 radical (unpaired) electrons. The number of aromatic amines is 1. The van der Waals surface area contributed by atoms with Crippen molar-refractivity contribution in [3.63, 3.8) is 0 Å². The number of Topliss-reactive ketones (excluding diaryl/α,β-unsaturated/α-hetero) is 1. The number of carbonyl (C=O) groups excluding carboxylic acids is 1. The second kappa shape index (κ2) is 7.20. The number of ether oxygens (including phenoxy) is 1. The van der Waals surface area contributed by atoms with E-state index in [0.29, 0.717) is 23.9 Å². The minimum Gasteiger partial charge on any atom is -0.344 e. The van der Waals surface area contributed by atoms with Crippen molar-refractivity contribution in [3.05, 3.63) is 5.82 Å². The number of aromatic nitrogens is 4. The fraction of sp³-hybridized carbons (Fsp3) is 0.889. The van der Waals surface area contributed by atoms with Gasteiger partial charge in [-0.25, -0.2) is 0 Å². The van der Waals surface area contributed by atoms with E-state index in [0.717, 1.165) is 18.9 Å². The number of hydrogen-bond acceptors (Lipinski definition) is 8. The Morgan fingerprint density at radius 3 is 2.59 bits per heavy atom. The molecule has 1 aromatic rings. The molecule has 5 N–H and O–H groups in total. The number of ketones is 1. The Labute approximate surface area is 158 Å². The predicted octanol–water partition coefficient (Wildman–Crippen LogP) is 0.235. The van der Waals surface area contributed by atoms with Crippen molar-refractivity contribution >= 4 is 5.78 Å². The lowest BCUT2D eigenvalue weighted by Gasteiger charge is -2.50. The van der Waals surface area contributed by atoms with Gasteiger partial charge in [0.05, 0.1) is 23.9 Å². The molecule has 9 nitrogen and oxygen atoms in total. The Morgan fingerprint density at radius 1 is 1.00 bits per heavy atom. The number of H-pyrrole nitrogens is 1. The van der Waals surface area contributed by atoms with E-state index in [9.17, 15) is 4.79 Å². The molecule has 4 aliphatic rings. The minimum absolute atomic E-state index is 0.0611. The number of tetrazole rings is 1. The van der Waals surface area contributed by atoms with E-state index in [1.165, 1.54) is 32.1 Å². The summed E-state index contributed by atoms with van der Waals surface area (Å²) in [6.45, 7) is 0.952. The summed E-state index contributed by atoms with van der Waals surface area (Å²) in [7, 11) is 0. The van der Waals surface area contributed by atoms with Crippen LogP contribution in [0.2, 0.25) is 0 Å². The highest BCUT2D eigenvalue weighted by atomic mass is 16.5. The third-order valence-electron chi connectivity index (χ3n) is 7.20. The highest BCUT2D eigenvalue weighted by Crippen LogP contribution is 2.42. The molecule has 0 spiro atoms. The van der Waals surface area contributed by atoms with E-state index >= 15 is 0 Å². The lowest BCUT2D eigenvalue weighted by molar-refractivity contribution is -0.184. The van der Waals surface area contributed by atoms with Crippen molar-refractivity contribution in [1.82, 2.24) is 31.3 Å². The van der Waals surface area contributed by atoms with E-state index < -0.39 is 0 Å². The van der Waals surface area contributed by atoms with Gasteiger partial charge in [0.2, 0.25) is 0 Å². The monoisotopic (exact) mass is 375 g/mol. The third-order valence-corrected chi connectivity index (χ3v) is 7.20. The van der Waals surface area contributed by atoms with Crippen LogP contribution in [0.5, 0.6) is 0 Å². The summed E-state index contributed by atoms with van der Waals surface area (Å²) >= 11 is 0. The van der Waals surface area contributed by atoms with Crippen LogP contribution in [0.3, 0.4) is 0 Å². The molecular weight excluding hydrogens is 346 g/mol. The van der Waals surface area contributed by atoms with Crippen molar-refractivity contribution in [2.24, 2.45) is 29.4 Å². The maximum Gasteiger partial charge on any atom is 0.180 e. The van der Waals surface area contributed by atoms with Crippen LogP contribution < -0.4 is 16.4 Å². The number of carbonyl (C=O) groups is 1. The van der Waals surface area contributed by atoms with Crippen LogP contribution in [0.25, 0.3) is 0 Å². The summed E-state index contributed by atoms with van der Waals surface area (Å²) in [6.07, 6.45) is 7.30. The molecule has 0 amide bonds. The molecule has 1 aromatic heterocycles. The lowest BCUT2D eigenvalue weighted by Crippen LogP contribution is -2.66. The first kappa shape index (κ1) is 17.7. The Kier molecular flexibility index (Phi) is 4.71. The van der Waals surface area contributed by atoms with Crippen LogP contribution >= 0.6 is 0 Å². The molecule has 1 saturated carbocycles. The molecule has 27 heavy (non-hydrogen) atoms. The zero-order valence-corrected chi connectivity index (χ0v) is 15.5. The number of rotatable bonds is 2. The van der Waals surface area contributed by atoms with Crippen molar-refractivity contribution in [2.75, 3.05) is 6.54 Å². The standard InChI is InChI=1S/C18H29N7O2/c19-15-13(16-22-24-25-23-16)7-12-14(26)11-6-10(9-4-2-1-3-5-9)8-20-17(11)27-18(12)21-15/h9-13,15,17-18,20-21H,1-8,19H2,(H,22,23,24,25). The minimum atomic E-state index is -0.355. The van der Waals surface area contributed by atoms with Crippen molar-refractivity contribution < 1.29 is 9.53 Å². The summed E-state index contributed by atoms with van der Waals surface area (Å²) in [5.74, 6) is 1.79. The molecule has 3 saturated heterocycles. The van der Waals surface area contributed by atoms with Gasteiger partial charge in [-0.3, -0.25) is 15.4 Å². The topological polar surface area (TPSA) is 131 Å². The fourth-order valence-electron chi connectivity index (χ4n) is 5.71. The van der Waals surface area contributed by atoms with Crippen LogP contribution in [0.1, 0.15) is 56.7 Å². The average molecular weight is 375 g/mol. The molecule has 3 aliphatic heterocycles. The first-order chi connectivity index (χ1) is 13.2. The highest BCUT2D eigenvalue weighted by Gasteiger charge is 2.52. The summed E-state index contributed by atoms with van der Waals surface area (Å²) < 4.78 is 6.25. The Hall–Kier alpha value is -1.42. The predicted molar refractivity (Wildman–Crippen MR) is 96.0 cm³/mol. The number of nitrogens with zero attached hydrogens (tertiary/aromatic N) is 3. The largest absolute Gasteiger partial charge is 0.344 e. The lowest BCUT2D eigenvalue weighted by atomic mass is 9.70. The van der Waals surface area contributed by atoms with Gasteiger partial charge >= 0.3 is 0 Å². The second-order valence-electron chi connectivity index (χ2n) is 8.70. The maximum absolute atomic E-state index is 13.4. The quantitative estimate of drug-likeness (QED) is 0.578. The van der Waals surface area contributed by atoms with Gasteiger partial charge in [0.25, 0.3) is 0 Å². The van der Waals surface area contributed by atoms with E-state index in [1.54, 1.807) is 0 Å². The number of nitrogens with one attached hydrogen (secondary N) is 3. The second-order valence-corrected chi connectivity index (χ2v) is 8.70. The number of piperidine rings is 2. The van der Waals surface area contributed by atoms with E-state index in [2.05, 4.69) is 31.3 Å². The van der Waals surface area contributed by atoms with Crippen LogP contribution in [0.15, 0.2) is 0 Å². The van der Waals surface area contributed by atoms with E-state index in [4.69, 9.17) is 10.5 Å². The number of fused-ring (bicyclic) bond motifs is 2. The molecular formula is C18H29N7O2. The fourth-order valence-corrected chi connectivity index (χ4v) is 5.71. The van der Waals surface area contributed by atoms with Crippen LogP contribution in [0.4, 0.5) is 0 Å². The SMILES string of the molecule is NC1NC2OC3NCC(C4CCCCC4)CC3C(=O)C2CC1c1nn[nH]n1. The molecule has 4 heterocycles. The van der Waals surface area contributed by atoms with E-state index in [1.807, 2.05) is 0 Å². The summed E-state index contributed by atoms with van der Waals surface area (Å²) in [6, 6.07) is 0. The van der Waals surface area contributed by atoms with Crippen molar-refractivity contribution in [2.45, 2.75) is 69.5 Å². The Bertz CT molecular complexity index is 663. The van der Waals surface area contributed by atoms with Crippen LogP contribution in [0, 0.1) is 23.7 Å². The highest BCUT2D eigenvalue weighted by molar-refractivity contribution is 5.85. The first-order valence-corrected chi connectivity index (χ1v) is 10.4. The number of hydrogen-bond donors (Lipinski definition) is 4. The average Bonchev–Trinajstić information content (AvgIpc) is 3.23. The van der Waals surface area contributed by atoms with Crippen molar-refractivity contribution in [3.8, 4) is 0 Å². The molecule has 5 rings (SSSR count). The maximum atomic E-state index is 13.4. The molecule has 4 fully saturated rings. The molecule has 0 aromatic carbocycles. The summed E-state index contributed by atoms with van der Waals surface area (Å²) in [4.78, 5) is 13.4. The molecule has 0 bridgehead atoms. The first-order valence-electron chi connectivity index (χ1n) is 10.4. The smallest absolute Gasteiger partial charge is 0.180 e. The van der Waals surface area contributed by atoms with Gasteiger partial charge in [0.15, 0.2) is 5.82 Å². The Morgan fingerprint density at radius 2 is 1.81 bits per heavy atom. The Balaban J connectivity index is 1.31. The van der Waals surface area contributed by atoms with E-state index in [-0.39, 0.29) is 36.4 Å². The zero-order valence-electron chi connectivity index (χ0n) is 15.5. The van der Waals surface area contributed by atoms with Gasteiger partial charge in [-0.15, -0.1) is 10.2 Å². The van der Waals surface area contributed by atoms with Gasteiger partial charge in [0.1, 0.15) is 18.2 Å². The van der Waals surface area contributed by atoms with Gasteiger partial charge in [-0.2, -0.15) is 5.21 Å². The van der Waals surface area contributed by atoms with Gasteiger partial charge in [-0.05, 0) is 24.7 Å². The normalized spacial score (nSPS) is 43.1. The zero-order chi connectivity index (χ0) is 18.4. The molecule has 9 heteroatoms. The van der Waals surface area contributed by atoms with Crippen LogP contribution in [-0.2, 0) is 9.53 Å². The third kappa shape index (κ3) is 3.20. The van der Waals surface area contributed by atoms with Gasteiger partial charge in [0, 0.05) is 6.54 Å². The van der Waals surface area contributed by atoms with Crippen LogP contribution in [-0.4, -0.2) is 51.6 Å².